The third-order valence-electron chi connectivity index (χ3n) is 9.73. The molecule has 10 atom stereocenters. The summed E-state index contributed by atoms with van der Waals surface area (Å²) in [7, 11) is 2.94. The van der Waals surface area contributed by atoms with Crippen molar-refractivity contribution in [3.8, 4) is 5.75 Å². The lowest BCUT2D eigenvalue weighted by molar-refractivity contribution is -0.232. The molecule has 0 aliphatic carbocycles. The number of ether oxygens (including phenoxy) is 4. The molecule has 2 saturated heterocycles. The molecule has 0 saturated carbocycles. The van der Waals surface area contributed by atoms with Crippen molar-refractivity contribution in [2.24, 2.45) is 5.73 Å². The van der Waals surface area contributed by atoms with E-state index in [-0.39, 0.29) is 18.8 Å². The van der Waals surface area contributed by atoms with Crippen LogP contribution in [0.3, 0.4) is 0 Å². The van der Waals surface area contributed by atoms with E-state index in [0.717, 1.165) is 34.6 Å². The SMILES string of the molecule is CCCCCCCOc1ccc(NC(=O)C2=CCN(C)[C@@H]([C@H](O[C@@H]3O[C@H](CN)[C@@H](O)[C@H]3O)[C@H]3O[C@@H](n4ccc(=O)[nH]c4=O)[C@H](O)[C@@H]3O)C(=O)N2C)cc1. The Morgan fingerprint density at radius 3 is 2.36 bits per heavy atom. The topological polar surface area (TPSA) is 251 Å². The lowest BCUT2D eigenvalue weighted by Crippen LogP contribution is -2.59. The Bertz CT molecular complexity index is 1700. The number of benzene rings is 1. The van der Waals surface area contributed by atoms with Gasteiger partial charge in [0.2, 0.25) is 5.91 Å². The zero-order chi connectivity index (χ0) is 38.4. The maximum Gasteiger partial charge on any atom is 0.330 e. The van der Waals surface area contributed by atoms with E-state index in [1.54, 1.807) is 31.3 Å². The number of H-pyrrole nitrogens is 1. The number of aliphatic hydroxyl groups is 4. The highest BCUT2D eigenvalue weighted by Crippen LogP contribution is 2.36. The van der Waals surface area contributed by atoms with Crippen LogP contribution in [-0.2, 0) is 23.8 Å². The van der Waals surface area contributed by atoms with E-state index in [1.165, 1.54) is 37.3 Å². The number of rotatable bonds is 15. The van der Waals surface area contributed by atoms with Crippen LogP contribution in [0.2, 0.25) is 0 Å². The number of nitrogens with two attached hydrogens (primary N) is 1. The van der Waals surface area contributed by atoms with Gasteiger partial charge in [-0.25, -0.2) is 4.79 Å². The van der Waals surface area contributed by atoms with Gasteiger partial charge in [-0.05, 0) is 43.8 Å². The molecule has 2 amide bonds. The average Bonchev–Trinajstić information content (AvgIpc) is 3.54. The maximum atomic E-state index is 14.3. The van der Waals surface area contributed by atoms with E-state index in [0.29, 0.717) is 18.0 Å². The second-order valence-electron chi connectivity index (χ2n) is 13.5. The lowest BCUT2D eigenvalue weighted by atomic mass is 9.97. The minimum atomic E-state index is -1.78. The fraction of sp³-hybridized carbons (Fsp3) is 0.600. The maximum absolute atomic E-state index is 14.3. The Hall–Kier alpha value is -3.98. The fourth-order valence-corrected chi connectivity index (χ4v) is 6.67. The summed E-state index contributed by atoms with van der Waals surface area (Å²) in [6.45, 7) is 2.58. The Morgan fingerprint density at radius 2 is 1.70 bits per heavy atom. The van der Waals surface area contributed by atoms with Gasteiger partial charge in [0, 0.05) is 38.1 Å². The minimum Gasteiger partial charge on any atom is -0.494 e. The standard InChI is InChI=1S/C35H50N6O12/c1-4-5-6-7-8-17-50-20-11-9-19(10-12-20)37-31(47)21-13-15-39(2)24(32(48)40(21)3)29(53-34-28(46)25(43)22(18-36)51-34)30-26(44)27(45)33(52-30)41-16-14-23(42)38-35(41)49/h9-14,16,22,24-30,33-34,43-46H,4-8,15,17-18,36H2,1-3H3,(H,37,47)(H,38,42,49)/t22-,24+,25-,26+,27-,28-,29+,30+,33-,34+/m1/s1. The van der Waals surface area contributed by atoms with Gasteiger partial charge >= 0.3 is 5.69 Å². The molecule has 292 valence electrons. The molecule has 0 unspecified atom stereocenters. The van der Waals surface area contributed by atoms with Crippen molar-refractivity contribution in [3.05, 3.63) is 69.1 Å². The summed E-state index contributed by atoms with van der Waals surface area (Å²) in [6.07, 6.45) is -5.68. The number of aromatic amines is 1. The van der Waals surface area contributed by atoms with Gasteiger partial charge in [-0.1, -0.05) is 32.6 Å². The second kappa shape index (κ2) is 17.9. The van der Waals surface area contributed by atoms with Crippen LogP contribution in [0.15, 0.2) is 57.9 Å². The van der Waals surface area contributed by atoms with E-state index in [2.05, 4.69) is 17.2 Å². The summed E-state index contributed by atoms with van der Waals surface area (Å²) >= 11 is 0. The van der Waals surface area contributed by atoms with E-state index in [4.69, 9.17) is 24.7 Å². The molecular formula is C35H50N6O12. The highest BCUT2D eigenvalue weighted by Gasteiger charge is 2.55. The Labute approximate surface area is 305 Å². The molecule has 4 heterocycles. The molecule has 0 radical (unpaired) electrons. The number of nitrogens with one attached hydrogen (secondary N) is 2. The summed E-state index contributed by atoms with van der Waals surface area (Å²) in [4.78, 5) is 56.9. The van der Waals surface area contributed by atoms with Crippen LogP contribution in [0.5, 0.6) is 5.75 Å². The molecule has 3 aliphatic rings. The molecular weight excluding hydrogens is 696 g/mol. The van der Waals surface area contributed by atoms with Gasteiger partial charge in [-0.15, -0.1) is 0 Å². The molecule has 53 heavy (non-hydrogen) atoms. The van der Waals surface area contributed by atoms with E-state index in [9.17, 15) is 39.6 Å². The number of aliphatic hydroxyl groups excluding tert-OH is 4. The Morgan fingerprint density at radius 1 is 0.981 bits per heavy atom. The highest BCUT2D eigenvalue weighted by atomic mass is 16.7. The first-order valence-corrected chi connectivity index (χ1v) is 17.8. The first kappa shape index (κ1) is 40.2. The summed E-state index contributed by atoms with van der Waals surface area (Å²) in [6, 6.07) is 6.52. The summed E-state index contributed by atoms with van der Waals surface area (Å²) in [5.74, 6) is -0.631. The van der Waals surface area contributed by atoms with Crippen molar-refractivity contribution in [2.75, 3.05) is 39.1 Å². The number of anilines is 1. The van der Waals surface area contributed by atoms with E-state index < -0.39 is 84.4 Å². The number of hydrogen-bond donors (Lipinski definition) is 7. The third kappa shape index (κ3) is 9.05. The van der Waals surface area contributed by atoms with Crippen LogP contribution in [0.1, 0.15) is 45.3 Å². The van der Waals surface area contributed by atoms with Crippen LogP contribution in [-0.4, -0.2) is 140 Å². The van der Waals surface area contributed by atoms with E-state index in [1.807, 2.05) is 0 Å². The first-order chi connectivity index (χ1) is 25.4. The quantitative estimate of drug-likeness (QED) is 0.104. The predicted octanol–water partition coefficient (Wildman–Crippen LogP) is -1.41. The monoisotopic (exact) mass is 746 g/mol. The van der Waals surface area contributed by atoms with Crippen molar-refractivity contribution in [1.82, 2.24) is 19.4 Å². The van der Waals surface area contributed by atoms with Crippen molar-refractivity contribution in [3.63, 3.8) is 0 Å². The number of carbonyl (C=O) groups excluding carboxylic acids is 2. The number of unbranched alkanes of at least 4 members (excludes halogenated alkanes) is 4. The Balaban J connectivity index is 1.35. The normalized spacial score (nSPS) is 29.9. The van der Waals surface area contributed by atoms with Crippen molar-refractivity contribution < 1.29 is 49.0 Å². The van der Waals surface area contributed by atoms with Gasteiger partial charge in [0.05, 0.1) is 6.61 Å². The molecule has 3 aliphatic heterocycles. The predicted molar refractivity (Wildman–Crippen MR) is 188 cm³/mol. The molecule has 2 fully saturated rings. The van der Waals surface area contributed by atoms with Gasteiger partial charge in [-0.3, -0.25) is 28.8 Å². The van der Waals surface area contributed by atoms with Crippen LogP contribution in [0.4, 0.5) is 5.69 Å². The van der Waals surface area contributed by atoms with Gasteiger partial charge in [-0.2, -0.15) is 0 Å². The molecule has 0 spiro atoms. The zero-order valence-electron chi connectivity index (χ0n) is 29.9. The lowest BCUT2D eigenvalue weighted by Gasteiger charge is -2.38. The van der Waals surface area contributed by atoms with E-state index >= 15 is 0 Å². The molecule has 5 rings (SSSR count). The number of likely N-dealkylation sites (N-methyl/N-ethyl adjacent to an activating group) is 2. The third-order valence-corrected chi connectivity index (χ3v) is 9.73. The van der Waals surface area contributed by atoms with Crippen molar-refractivity contribution in [2.45, 2.75) is 100 Å². The molecule has 18 heteroatoms. The van der Waals surface area contributed by atoms with Crippen LogP contribution < -0.4 is 27.0 Å². The van der Waals surface area contributed by atoms with Gasteiger partial charge in [0.25, 0.3) is 11.5 Å². The number of hydrogen-bond acceptors (Lipinski definition) is 14. The molecule has 1 aromatic carbocycles. The smallest absolute Gasteiger partial charge is 0.330 e. The largest absolute Gasteiger partial charge is 0.494 e. The second-order valence-corrected chi connectivity index (χ2v) is 13.5. The number of nitrogens with zero attached hydrogens (tertiary/aromatic N) is 3. The minimum absolute atomic E-state index is 0.00290. The summed E-state index contributed by atoms with van der Waals surface area (Å²) in [5, 5.41) is 46.4. The first-order valence-electron chi connectivity index (χ1n) is 17.8. The Kier molecular flexibility index (Phi) is 13.6. The molecule has 0 bridgehead atoms. The number of aromatic nitrogens is 2. The average molecular weight is 747 g/mol. The van der Waals surface area contributed by atoms with Crippen molar-refractivity contribution >= 4 is 17.5 Å². The fourth-order valence-electron chi connectivity index (χ4n) is 6.67. The van der Waals surface area contributed by atoms with Crippen molar-refractivity contribution in [1.29, 1.82) is 0 Å². The highest BCUT2D eigenvalue weighted by molar-refractivity contribution is 6.06. The zero-order valence-corrected chi connectivity index (χ0v) is 29.9. The number of carbonyl (C=O) groups is 2. The molecule has 1 aromatic heterocycles. The van der Waals surface area contributed by atoms with Gasteiger partial charge in [0.15, 0.2) is 12.5 Å². The van der Waals surface area contributed by atoms with Crippen LogP contribution in [0.25, 0.3) is 0 Å². The van der Waals surface area contributed by atoms with Gasteiger partial charge in [0.1, 0.15) is 60.2 Å². The van der Waals surface area contributed by atoms with Gasteiger partial charge < -0.3 is 55.3 Å². The summed E-state index contributed by atoms with van der Waals surface area (Å²) in [5.41, 5.74) is 4.52. The van der Waals surface area contributed by atoms with Crippen LogP contribution >= 0.6 is 0 Å². The molecule has 8 N–H and O–H groups in total. The molecule has 2 aromatic rings. The number of amides is 2. The molecule has 18 nitrogen and oxygen atoms in total. The van der Waals surface area contributed by atoms with Crippen LogP contribution in [0, 0.1) is 0 Å². The summed E-state index contributed by atoms with van der Waals surface area (Å²) < 4.78 is 24.5.